The minimum absolute atomic E-state index is 0.0506. The molecule has 0 unspecified atom stereocenters. The number of hydrogen-bond donors (Lipinski definition) is 1. The van der Waals surface area contributed by atoms with E-state index in [1.165, 1.54) is 0 Å². The molecule has 0 radical (unpaired) electrons. The van der Waals surface area contributed by atoms with E-state index in [2.05, 4.69) is 60.7 Å². The molecule has 0 aliphatic rings. The number of H-pyrrole nitrogens is 1. The fraction of sp³-hybridized carbons (Fsp3) is 0.600. The van der Waals surface area contributed by atoms with Crippen molar-refractivity contribution in [2.24, 2.45) is 0 Å². The zero-order chi connectivity index (χ0) is 27.6. The van der Waals surface area contributed by atoms with Crippen molar-refractivity contribution < 1.29 is 19.1 Å². The van der Waals surface area contributed by atoms with Crippen LogP contribution in [0.2, 0.25) is 39.3 Å². The minimum Gasteiger partial charge on any atom is -0.443 e. The topological polar surface area (TPSA) is 102 Å². The summed E-state index contributed by atoms with van der Waals surface area (Å²) in [4.78, 5) is 47.3. The molecule has 0 aromatic carbocycles. The van der Waals surface area contributed by atoms with Gasteiger partial charge in [-0.2, -0.15) is 4.90 Å². The minimum atomic E-state index is -2.02. The zero-order valence-electron chi connectivity index (χ0n) is 23.5. The Balaban J connectivity index is 3.97. The van der Waals surface area contributed by atoms with Gasteiger partial charge in [-0.05, 0) is 59.7 Å². The molecule has 194 valence electrons. The third kappa shape index (κ3) is 10.2. The van der Waals surface area contributed by atoms with Gasteiger partial charge >= 0.3 is 12.2 Å². The summed E-state index contributed by atoms with van der Waals surface area (Å²) < 4.78 is 11.0. The third-order valence-electron chi connectivity index (χ3n) is 4.09. The van der Waals surface area contributed by atoms with Crippen LogP contribution in [0.1, 0.15) is 52.9 Å². The lowest BCUT2D eigenvalue weighted by Crippen LogP contribution is -2.45. The normalized spacial score (nSPS) is 13.0. The van der Waals surface area contributed by atoms with Gasteiger partial charge in [-0.3, -0.25) is 4.79 Å². The van der Waals surface area contributed by atoms with Crippen molar-refractivity contribution >= 4 is 40.2 Å². The van der Waals surface area contributed by atoms with Gasteiger partial charge in [-0.15, -0.1) is 5.54 Å². The summed E-state index contributed by atoms with van der Waals surface area (Å²) in [6.07, 6.45) is -0.315. The number of aromatic nitrogens is 2. The molecule has 0 aliphatic heterocycles. The Kier molecular flexibility index (Phi) is 9.15. The molecule has 1 rings (SSSR count). The lowest BCUT2D eigenvalue weighted by molar-refractivity contribution is 0.0429. The highest BCUT2D eigenvalue weighted by Gasteiger charge is 2.36. The van der Waals surface area contributed by atoms with Gasteiger partial charge in [0.2, 0.25) is 0 Å². The van der Waals surface area contributed by atoms with E-state index in [4.69, 9.17) is 9.47 Å². The van der Waals surface area contributed by atoms with Gasteiger partial charge in [-0.1, -0.05) is 45.2 Å². The van der Waals surface area contributed by atoms with E-state index >= 15 is 0 Å². The fourth-order valence-electron chi connectivity index (χ4n) is 2.58. The Morgan fingerprint density at radius 2 is 1.40 bits per heavy atom. The van der Waals surface area contributed by atoms with Gasteiger partial charge in [0.05, 0.1) is 13.6 Å². The molecule has 0 saturated carbocycles. The fourth-order valence-corrected chi connectivity index (χ4v) is 4.23. The van der Waals surface area contributed by atoms with Crippen LogP contribution in [-0.4, -0.2) is 49.5 Å². The first kappa shape index (κ1) is 30.4. The second-order valence-electron chi connectivity index (χ2n) is 12.5. The van der Waals surface area contributed by atoms with Crippen LogP contribution >= 0.6 is 0 Å². The van der Waals surface area contributed by atoms with E-state index in [1.807, 2.05) is 0 Å². The summed E-state index contributed by atoms with van der Waals surface area (Å²) >= 11 is 0. The Morgan fingerprint density at radius 3 is 1.77 bits per heavy atom. The average Bonchev–Trinajstić information content (AvgIpc) is 2.54. The van der Waals surface area contributed by atoms with Crippen LogP contribution in [0.5, 0.6) is 0 Å². The van der Waals surface area contributed by atoms with Crippen LogP contribution in [-0.2, 0) is 9.47 Å². The maximum absolute atomic E-state index is 13.2. The third-order valence-corrected chi connectivity index (χ3v) is 6.85. The Morgan fingerprint density at radius 1 is 0.943 bits per heavy atom. The summed E-state index contributed by atoms with van der Waals surface area (Å²) in [6, 6.07) is 0. The molecule has 10 heteroatoms. The second kappa shape index (κ2) is 10.5. The van der Waals surface area contributed by atoms with Crippen molar-refractivity contribution in [3.8, 4) is 11.5 Å². The molecule has 1 N–H and O–H groups in total. The number of aromatic amines is 1. The lowest BCUT2D eigenvalue weighted by Gasteiger charge is -2.28. The highest BCUT2D eigenvalue weighted by molar-refractivity contribution is 6.86. The van der Waals surface area contributed by atoms with Crippen molar-refractivity contribution in [3.05, 3.63) is 26.9 Å². The smallest absolute Gasteiger partial charge is 0.425 e. The molecule has 0 aliphatic carbocycles. The zero-order valence-corrected chi connectivity index (χ0v) is 25.5. The number of hydrogen-bond acceptors (Lipinski definition) is 6. The Labute approximate surface area is 211 Å². The van der Waals surface area contributed by atoms with Crippen molar-refractivity contribution in [1.82, 2.24) is 9.97 Å². The molecule has 0 atom stereocenters. The highest BCUT2D eigenvalue weighted by atomic mass is 28.3. The summed E-state index contributed by atoms with van der Waals surface area (Å²) in [5.41, 5.74) is 1.14. The molecule has 1 heterocycles. The van der Waals surface area contributed by atoms with Crippen molar-refractivity contribution in [2.45, 2.75) is 99.0 Å². The van der Waals surface area contributed by atoms with Crippen LogP contribution in [0.4, 0.5) is 15.4 Å². The maximum Gasteiger partial charge on any atom is 0.425 e. The highest BCUT2D eigenvalue weighted by Crippen LogP contribution is 2.25. The molecule has 1 aromatic heterocycles. The van der Waals surface area contributed by atoms with Crippen molar-refractivity contribution in [1.29, 1.82) is 0 Å². The summed E-state index contributed by atoms with van der Waals surface area (Å²) in [5, 5.41) is 0.811. The molecule has 0 fully saturated rings. The SMILES string of the molecule is Cc1nc(N(C(=O)OC(C)(C)C)C(=O)OC(C)(C)C)c(/C=C(\C#C[Si](C)(C)C)[Si](C)(C)C)c(=O)[nH]1. The van der Waals surface area contributed by atoms with Crippen LogP contribution in [0.15, 0.2) is 9.99 Å². The van der Waals surface area contributed by atoms with Gasteiger partial charge in [0.25, 0.3) is 5.56 Å². The van der Waals surface area contributed by atoms with Gasteiger partial charge in [0.15, 0.2) is 5.82 Å². The number of imide groups is 1. The average molecular weight is 520 g/mol. The molecule has 0 spiro atoms. The van der Waals surface area contributed by atoms with Crippen molar-refractivity contribution in [2.75, 3.05) is 4.90 Å². The molecule has 2 amide bonds. The molecule has 8 nitrogen and oxygen atoms in total. The molecule has 35 heavy (non-hydrogen) atoms. The predicted molar refractivity (Wildman–Crippen MR) is 147 cm³/mol. The van der Waals surface area contributed by atoms with Gasteiger partial charge in [0.1, 0.15) is 25.1 Å². The largest absolute Gasteiger partial charge is 0.443 e. The predicted octanol–water partition coefficient (Wildman–Crippen LogP) is 5.90. The van der Waals surface area contributed by atoms with Crippen LogP contribution in [0.25, 0.3) is 6.08 Å². The standard InChI is InChI=1S/C25H41N3O5Si2/c1-17-26-20(28(22(30)32-24(2,3)4)23(31)33-25(5,6)7)19(21(29)27-17)16-18(35(11,12)13)14-15-34(8,9)10/h16H,1-13H3,(H,26,27,29)/b18-16+. The number of carbonyl (C=O) groups excluding carboxylic acids is 2. The summed E-state index contributed by atoms with van der Waals surface area (Å²) in [5.74, 6) is 3.38. The Bertz CT molecular complexity index is 1090. The number of aryl methyl sites for hydroxylation is 1. The number of allylic oxidation sites excluding steroid dienone is 1. The molecular weight excluding hydrogens is 478 g/mol. The maximum atomic E-state index is 13.2. The molecule has 1 aromatic rings. The monoisotopic (exact) mass is 519 g/mol. The van der Waals surface area contributed by atoms with E-state index in [9.17, 15) is 14.4 Å². The van der Waals surface area contributed by atoms with E-state index in [1.54, 1.807) is 54.5 Å². The Hall–Kier alpha value is -2.65. The number of anilines is 1. The lowest BCUT2D eigenvalue weighted by atomic mass is 10.2. The van der Waals surface area contributed by atoms with Crippen molar-refractivity contribution in [3.63, 3.8) is 0 Å². The first-order valence-corrected chi connectivity index (χ1v) is 18.6. The molecular formula is C25H41N3O5Si2. The quantitative estimate of drug-likeness (QED) is 0.394. The number of carbonyl (C=O) groups is 2. The van der Waals surface area contributed by atoms with E-state index in [0.29, 0.717) is 4.90 Å². The van der Waals surface area contributed by atoms with Gasteiger partial charge in [0, 0.05) is 0 Å². The van der Waals surface area contributed by atoms with Crippen LogP contribution in [0, 0.1) is 18.4 Å². The number of nitrogens with one attached hydrogen (secondary N) is 1. The summed E-state index contributed by atoms with van der Waals surface area (Å²) in [6.45, 7) is 24.5. The van der Waals surface area contributed by atoms with E-state index in [0.717, 1.165) is 5.20 Å². The van der Waals surface area contributed by atoms with Gasteiger partial charge in [-0.25, -0.2) is 14.6 Å². The van der Waals surface area contributed by atoms with E-state index < -0.39 is 45.1 Å². The molecule has 0 saturated heterocycles. The van der Waals surface area contributed by atoms with Crippen LogP contribution in [0.3, 0.4) is 0 Å². The number of ether oxygens (including phenoxy) is 2. The molecule has 0 bridgehead atoms. The number of nitrogens with zero attached hydrogens (tertiary/aromatic N) is 2. The number of rotatable bonds is 3. The first-order chi connectivity index (χ1) is 15.5. The second-order valence-corrected chi connectivity index (χ2v) is 22.3. The summed E-state index contributed by atoms with van der Waals surface area (Å²) in [7, 11) is -3.72. The van der Waals surface area contributed by atoms with Gasteiger partial charge < -0.3 is 14.5 Å². The van der Waals surface area contributed by atoms with E-state index in [-0.39, 0.29) is 17.2 Å². The van der Waals surface area contributed by atoms with Crippen LogP contribution < -0.4 is 10.5 Å². The first-order valence-electron chi connectivity index (χ1n) is 11.6. The number of amides is 2.